The summed E-state index contributed by atoms with van der Waals surface area (Å²) in [6.45, 7) is 7.90. The van der Waals surface area contributed by atoms with E-state index in [0.29, 0.717) is 11.6 Å². The van der Waals surface area contributed by atoms with E-state index < -0.39 is 0 Å². The molecule has 6 heteroatoms. The number of aryl methyl sites for hydroxylation is 1. The molecule has 116 valence electrons. The maximum Gasteiger partial charge on any atom is 0.239 e. The monoisotopic (exact) mass is 299 g/mol. The van der Waals surface area contributed by atoms with Gasteiger partial charge in [-0.1, -0.05) is 0 Å². The molecule has 0 bridgehead atoms. The Labute approximate surface area is 130 Å². The van der Waals surface area contributed by atoms with Gasteiger partial charge in [-0.3, -0.25) is 9.78 Å². The van der Waals surface area contributed by atoms with Crippen molar-refractivity contribution in [2.24, 2.45) is 0 Å². The van der Waals surface area contributed by atoms with Crippen molar-refractivity contribution in [1.29, 1.82) is 0 Å². The Kier molecular flexibility index (Phi) is 4.70. The zero-order valence-electron chi connectivity index (χ0n) is 13.3. The molecule has 0 aliphatic heterocycles. The highest BCUT2D eigenvalue weighted by molar-refractivity contribution is 5.81. The van der Waals surface area contributed by atoms with E-state index in [1.807, 2.05) is 45.9 Å². The highest BCUT2D eigenvalue weighted by Gasteiger charge is 2.13. The van der Waals surface area contributed by atoms with Crippen LogP contribution in [0.25, 0.3) is 11.4 Å². The summed E-state index contributed by atoms with van der Waals surface area (Å²) in [6.07, 6.45) is 3.40. The second kappa shape index (κ2) is 6.51. The third-order valence-corrected chi connectivity index (χ3v) is 2.74. The van der Waals surface area contributed by atoms with Crippen LogP contribution in [-0.2, 0) is 4.79 Å². The van der Waals surface area contributed by atoms with Gasteiger partial charge in [-0.2, -0.15) is 0 Å². The van der Waals surface area contributed by atoms with Crippen LogP contribution in [0.4, 0.5) is 5.82 Å². The van der Waals surface area contributed by atoms with Gasteiger partial charge >= 0.3 is 0 Å². The van der Waals surface area contributed by atoms with Gasteiger partial charge in [-0.25, -0.2) is 9.97 Å². The van der Waals surface area contributed by atoms with E-state index in [9.17, 15) is 4.79 Å². The molecule has 0 atom stereocenters. The largest absolute Gasteiger partial charge is 0.361 e. The fourth-order valence-electron chi connectivity index (χ4n) is 1.92. The predicted molar refractivity (Wildman–Crippen MR) is 86.4 cm³/mol. The molecule has 0 aliphatic rings. The molecule has 0 unspecified atom stereocenters. The van der Waals surface area contributed by atoms with Crippen molar-refractivity contribution in [3.05, 3.63) is 36.3 Å². The molecule has 1 amide bonds. The number of nitrogens with one attached hydrogen (secondary N) is 2. The van der Waals surface area contributed by atoms with E-state index in [1.165, 1.54) is 0 Å². The number of aromatic nitrogens is 3. The lowest BCUT2D eigenvalue weighted by atomic mass is 10.1. The Morgan fingerprint density at radius 3 is 2.50 bits per heavy atom. The lowest BCUT2D eigenvalue weighted by molar-refractivity contribution is -0.120. The van der Waals surface area contributed by atoms with Crippen LogP contribution in [0.2, 0.25) is 0 Å². The molecule has 2 aromatic heterocycles. The average molecular weight is 299 g/mol. The molecule has 2 heterocycles. The van der Waals surface area contributed by atoms with Gasteiger partial charge in [0.2, 0.25) is 5.91 Å². The molecule has 2 N–H and O–H groups in total. The first-order chi connectivity index (χ1) is 10.3. The summed E-state index contributed by atoms with van der Waals surface area (Å²) in [6, 6.07) is 5.52. The highest BCUT2D eigenvalue weighted by Crippen LogP contribution is 2.16. The van der Waals surface area contributed by atoms with Crippen LogP contribution in [0.15, 0.2) is 30.6 Å². The minimum Gasteiger partial charge on any atom is -0.361 e. The van der Waals surface area contributed by atoms with Gasteiger partial charge in [0.15, 0.2) is 5.82 Å². The molecule has 0 radical (unpaired) electrons. The third-order valence-electron chi connectivity index (χ3n) is 2.74. The van der Waals surface area contributed by atoms with Crippen molar-refractivity contribution in [1.82, 2.24) is 20.3 Å². The summed E-state index contributed by atoms with van der Waals surface area (Å²) in [7, 11) is 0. The van der Waals surface area contributed by atoms with Gasteiger partial charge in [0.1, 0.15) is 5.82 Å². The topological polar surface area (TPSA) is 79.8 Å². The number of carbonyl (C=O) groups excluding carboxylic acids is 1. The third kappa shape index (κ3) is 4.80. The minimum absolute atomic E-state index is 0.0748. The number of rotatable bonds is 4. The number of nitrogens with zero attached hydrogens (tertiary/aromatic N) is 3. The van der Waals surface area contributed by atoms with Crippen LogP contribution in [0.3, 0.4) is 0 Å². The number of pyridine rings is 1. The van der Waals surface area contributed by atoms with E-state index >= 15 is 0 Å². The fourth-order valence-corrected chi connectivity index (χ4v) is 1.92. The molecule has 22 heavy (non-hydrogen) atoms. The number of carbonyl (C=O) groups is 1. The second-order valence-corrected chi connectivity index (χ2v) is 6.11. The molecule has 0 saturated carbocycles. The Hall–Kier alpha value is -2.50. The van der Waals surface area contributed by atoms with Gasteiger partial charge in [0.25, 0.3) is 0 Å². The first-order valence-corrected chi connectivity index (χ1v) is 7.14. The Morgan fingerprint density at radius 2 is 1.86 bits per heavy atom. The van der Waals surface area contributed by atoms with Gasteiger partial charge in [-0.15, -0.1) is 0 Å². The standard InChI is InChI=1S/C16H21N5O/c1-11-9-13(18-10-14(22)21-16(2,3)4)20-15(19-11)12-5-7-17-8-6-12/h5-9H,10H2,1-4H3,(H,21,22)(H,18,19,20). The van der Waals surface area contributed by atoms with Gasteiger partial charge in [0.05, 0.1) is 6.54 Å². The first kappa shape index (κ1) is 15.9. The zero-order chi connectivity index (χ0) is 16.2. The molecule has 2 aromatic rings. The van der Waals surface area contributed by atoms with Crippen molar-refractivity contribution in [2.75, 3.05) is 11.9 Å². The number of hydrogen-bond donors (Lipinski definition) is 2. The summed E-state index contributed by atoms with van der Waals surface area (Å²) < 4.78 is 0. The van der Waals surface area contributed by atoms with E-state index in [1.54, 1.807) is 12.4 Å². The molecule has 6 nitrogen and oxygen atoms in total. The van der Waals surface area contributed by atoms with Gasteiger partial charge in [-0.05, 0) is 39.8 Å². The van der Waals surface area contributed by atoms with Crippen molar-refractivity contribution < 1.29 is 4.79 Å². The van der Waals surface area contributed by atoms with Crippen molar-refractivity contribution in [3.63, 3.8) is 0 Å². The van der Waals surface area contributed by atoms with Crippen LogP contribution in [0, 0.1) is 6.92 Å². The quantitative estimate of drug-likeness (QED) is 0.904. The van der Waals surface area contributed by atoms with E-state index in [2.05, 4.69) is 25.6 Å². The molecular formula is C16H21N5O. The normalized spacial score (nSPS) is 11.1. The van der Waals surface area contributed by atoms with Crippen molar-refractivity contribution in [3.8, 4) is 11.4 Å². The molecule has 0 saturated heterocycles. The molecule has 0 aromatic carbocycles. The van der Waals surface area contributed by atoms with Crippen LogP contribution >= 0.6 is 0 Å². The summed E-state index contributed by atoms with van der Waals surface area (Å²) in [5, 5.41) is 5.94. The fraction of sp³-hybridized carbons (Fsp3) is 0.375. The maximum atomic E-state index is 11.8. The number of amides is 1. The maximum absolute atomic E-state index is 11.8. The summed E-state index contributed by atoms with van der Waals surface area (Å²) in [4.78, 5) is 24.7. The van der Waals surface area contributed by atoms with Crippen LogP contribution in [-0.4, -0.2) is 32.9 Å². The Balaban J connectivity index is 2.09. The predicted octanol–water partition coefficient (Wildman–Crippen LogP) is 2.17. The van der Waals surface area contributed by atoms with Gasteiger partial charge < -0.3 is 10.6 Å². The van der Waals surface area contributed by atoms with E-state index in [-0.39, 0.29) is 18.0 Å². The van der Waals surface area contributed by atoms with E-state index in [4.69, 9.17) is 0 Å². The van der Waals surface area contributed by atoms with Crippen LogP contribution in [0.5, 0.6) is 0 Å². The zero-order valence-corrected chi connectivity index (χ0v) is 13.3. The highest BCUT2D eigenvalue weighted by atomic mass is 16.2. The first-order valence-electron chi connectivity index (χ1n) is 7.14. The van der Waals surface area contributed by atoms with Crippen LogP contribution in [0.1, 0.15) is 26.5 Å². The average Bonchev–Trinajstić information content (AvgIpc) is 2.44. The van der Waals surface area contributed by atoms with Gasteiger partial charge in [0, 0.05) is 35.3 Å². The molecule has 0 aliphatic carbocycles. The molecule has 0 fully saturated rings. The number of anilines is 1. The van der Waals surface area contributed by atoms with Crippen molar-refractivity contribution >= 4 is 11.7 Å². The van der Waals surface area contributed by atoms with Crippen LogP contribution < -0.4 is 10.6 Å². The number of hydrogen-bond acceptors (Lipinski definition) is 5. The SMILES string of the molecule is Cc1cc(NCC(=O)NC(C)(C)C)nc(-c2ccncc2)n1. The lowest BCUT2D eigenvalue weighted by Crippen LogP contribution is -2.43. The molecule has 2 rings (SSSR count). The minimum atomic E-state index is -0.247. The summed E-state index contributed by atoms with van der Waals surface area (Å²) in [5.74, 6) is 1.17. The van der Waals surface area contributed by atoms with Crippen molar-refractivity contribution in [2.45, 2.75) is 33.2 Å². The summed E-state index contributed by atoms with van der Waals surface area (Å²) >= 11 is 0. The lowest BCUT2D eigenvalue weighted by Gasteiger charge is -2.20. The van der Waals surface area contributed by atoms with E-state index in [0.717, 1.165) is 11.3 Å². The summed E-state index contributed by atoms with van der Waals surface area (Å²) in [5.41, 5.74) is 1.48. The Bertz CT molecular complexity index is 649. The molecule has 0 spiro atoms. The Morgan fingerprint density at radius 1 is 1.18 bits per heavy atom. The smallest absolute Gasteiger partial charge is 0.239 e. The second-order valence-electron chi connectivity index (χ2n) is 6.11. The molecular weight excluding hydrogens is 278 g/mol.